The van der Waals surface area contributed by atoms with E-state index in [2.05, 4.69) is 5.32 Å². The lowest BCUT2D eigenvalue weighted by Gasteiger charge is -2.15. The van der Waals surface area contributed by atoms with Crippen molar-refractivity contribution < 1.29 is 13.9 Å². The van der Waals surface area contributed by atoms with Crippen LogP contribution in [-0.2, 0) is 10.5 Å². The van der Waals surface area contributed by atoms with Crippen molar-refractivity contribution in [2.24, 2.45) is 0 Å². The Labute approximate surface area is 146 Å². The number of aryl methyl sites for hydroxylation is 2. The van der Waals surface area contributed by atoms with Gasteiger partial charge in [0.05, 0.1) is 12.4 Å². The van der Waals surface area contributed by atoms with Crippen molar-refractivity contribution in [2.45, 2.75) is 31.8 Å². The SMILES string of the molecule is COc1ccc(F)cc1CSC(C)C(=O)Nc1cc(C)ccc1C. The van der Waals surface area contributed by atoms with Crippen LogP contribution >= 0.6 is 11.8 Å². The molecule has 0 saturated carbocycles. The molecule has 1 amide bonds. The molecular formula is C19H22FNO2S. The first-order chi connectivity index (χ1) is 11.4. The quantitative estimate of drug-likeness (QED) is 0.822. The van der Waals surface area contributed by atoms with Crippen LogP contribution in [0.3, 0.4) is 0 Å². The van der Waals surface area contributed by atoms with Gasteiger partial charge in [-0.15, -0.1) is 11.8 Å². The third-order valence-electron chi connectivity index (χ3n) is 3.75. The number of benzene rings is 2. The Balaban J connectivity index is 1.99. The van der Waals surface area contributed by atoms with Gasteiger partial charge < -0.3 is 10.1 Å². The molecule has 0 heterocycles. The van der Waals surface area contributed by atoms with Gasteiger partial charge in [0.15, 0.2) is 0 Å². The lowest BCUT2D eigenvalue weighted by Crippen LogP contribution is -2.23. The number of rotatable bonds is 6. The standard InChI is InChI=1S/C19H22FNO2S/c1-12-5-6-13(2)17(9-12)21-19(22)14(3)24-11-15-10-16(20)7-8-18(15)23-4/h5-10,14H,11H2,1-4H3,(H,21,22). The number of amides is 1. The Morgan fingerprint density at radius 2 is 2.00 bits per heavy atom. The van der Waals surface area contributed by atoms with Crippen molar-refractivity contribution in [3.05, 3.63) is 58.9 Å². The van der Waals surface area contributed by atoms with Crippen LogP contribution in [0, 0.1) is 19.7 Å². The summed E-state index contributed by atoms with van der Waals surface area (Å²) in [6.07, 6.45) is 0. The number of carbonyl (C=O) groups is 1. The minimum Gasteiger partial charge on any atom is -0.496 e. The highest BCUT2D eigenvalue weighted by Gasteiger charge is 2.16. The van der Waals surface area contributed by atoms with E-state index in [4.69, 9.17) is 4.74 Å². The summed E-state index contributed by atoms with van der Waals surface area (Å²) in [4.78, 5) is 12.4. The van der Waals surface area contributed by atoms with Gasteiger partial charge in [0.25, 0.3) is 0 Å². The van der Waals surface area contributed by atoms with Crippen LogP contribution in [0.5, 0.6) is 5.75 Å². The normalized spacial score (nSPS) is 11.9. The van der Waals surface area contributed by atoms with E-state index >= 15 is 0 Å². The average Bonchev–Trinajstić information content (AvgIpc) is 2.56. The van der Waals surface area contributed by atoms with Crippen molar-refractivity contribution in [3.63, 3.8) is 0 Å². The molecule has 2 aromatic carbocycles. The number of thioether (sulfide) groups is 1. The number of hydrogen-bond donors (Lipinski definition) is 1. The molecule has 0 aliphatic carbocycles. The number of hydrogen-bond acceptors (Lipinski definition) is 3. The lowest BCUT2D eigenvalue weighted by atomic mass is 10.1. The molecule has 0 spiro atoms. The predicted molar refractivity (Wildman–Crippen MR) is 98.3 cm³/mol. The monoisotopic (exact) mass is 347 g/mol. The Kier molecular flexibility index (Phi) is 6.26. The number of nitrogens with one attached hydrogen (secondary N) is 1. The van der Waals surface area contributed by atoms with E-state index in [1.54, 1.807) is 13.2 Å². The molecule has 0 bridgehead atoms. The van der Waals surface area contributed by atoms with E-state index in [0.29, 0.717) is 11.5 Å². The highest BCUT2D eigenvalue weighted by molar-refractivity contribution is 7.99. The molecule has 0 radical (unpaired) electrons. The van der Waals surface area contributed by atoms with Crippen LogP contribution in [0.25, 0.3) is 0 Å². The molecule has 5 heteroatoms. The van der Waals surface area contributed by atoms with Gasteiger partial charge in [-0.25, -0.2) is 4.39 Å². The van der Waals surface area contributed by atoms with Crippen LogP contribution in [-0.4, -0.2) is 18.3 Å². The van der Waals surface area contributed by atoms with E-state index in [1.807, 2.05) is 39.0 Å². The highest BCUT2D eigenvalue weighted by Crippen LogP contribution is 2.27. The Morgan fingerprint density at radius 3 is 2.71 bits per heavy atom. The van der Waals surface area contributed by atoms with Gasteiger partial charge in [-0.2, -0.15) is 0 Å². The molecule has 1 unspecified atom stereocenters. The first-order valence-corrected chi connectivity index (χ1v) is 8.77. The Bertz CT molecular complexity index is 733. The molecule has 0 aromatic heterocycles. The first-order valence-electron chi connectivity index (χ1n) is 7.73. The van der Waals surface area contributed by atoms with Crippen LogP contribution in [0.4, 0.5) is 10.1 Å². The largest absolute Gasteiger partial charge is 0.496 e. The molecule has 128 valence electrons. The molecule has 2 rings (SSSR count). The zero-order valence-electron chi connectivity index (χ0n) is 14.4. The third-order valence-corrected chi connectivity index (χ3v) is 4.94. The van der Waals surface area contributed by atoms with Crippen molar-refractivity contribution in [1.82, 2.24) is 0 Å². The summed E-state index contributed by atoms with van der Waals surface area (Å²) in [6.45, 7) is 5.80. The number of ether oxygens (including phenoxy) is 1. The summed E-state index contributed by atoms with van der Waals surface area (Å²) >= 11 is 1.45. The second-order valence-electron chi connectivity index (χ2n) is 5.72. The smallest absolute Gasteiger partial charge is 0.237 e. The minimum absolute atomic E-state index is 0.0657. The van der Waals surface area contributed by atoms with E-state index in [-0.39, 0.29) is 17.0 Å². The fourth-order valence-electron chi connectivity index (χ4n) is 2.26. The molecule has 1 N–H and O–H groups in total. The van der Waals surface area contributed by atoms with E-state index in [0.717, 1.165) is 22.4 Å². The van der Waals surface area contributed by atoms with Gasteiger partial charge in [0, 0.05) is 17.0 Å². The van der Waals surface area contributed by atoms with Gasteiger partial charge >= 0.3 is 0 Å². The zero-order chi connectivity index (χ0) is 17.7. The number of carbonyl (C=O) groups excluding carboxylic acids is 1. The zero-order valence-corrected chi connectivity index (χ0v) is 15.2. The number of methoxy groups -OCH3 is 1. The van der Waals surface area contributed by atoms with Gasteiger partial charge in [0.1, 0.15) is 11.6 Å². The summed E-state index contributed by atoms with van der Waals surface area (Å²) in [5.74, 6) is 0.761. The first kappa shape index (κ1) is 18.3. The van der Waals surface area contributed by atoms with E-state index in [9.17, 15) is 9.18 Å². The van der Waals surface area contributed by atoms with Crippen LogP contribution in [0.15, 0.2) is 36.4 Å². The van der Waals surface area contributed by atoms with E-state index < -0.39 is 0 Å². The van der Waals surface area contributed by atoms with Gasteiger partial charge in [-0.1, -0.05) is 12.1 Å². The third kappa shape index (κ3) is 4.74. The molecule has 0 saturated heterocycles. The highest BCUT2D eigenvalue weighted by atomic mass is 32.2. The molecule has 0 fully saturated rings. The van der Waals surface area contributed by atoms with Crippen LogP contribution in [0.1, 0.15) is 23.6 Å². The van der Waals surface area contributed by atoms with Crippen molar-refractivity contribution in [3.8, 4) is 5.75 Å². The fourth-order valence-corrected chi connectivity index (χ4v) is 3.12. The summed E-state index contributed by atoms with van der Waals surface area (Å²) in [5.41, 5.74) is 3.70. The number of halogens is 1. The van der Waals surface area contributed by atoms with E-state index in [1.165, 1.54) is 23.9 Å². The van der Waals surface area contributed by atoms with Crippen molar-refractivity contribution in [2.75, 3.05) is 12.4 Å². The molecule has 3 nitrogen and oxygen atoms in total. The van der Waals surface area contributed by atoms with Crippen LogP contribution in [0.2, 0.25) is 0 Å². The maximum atomic E-state index is 13.4. The molecule has 1 atom stereocenters. The van der Waals surface area contributed by atoms with Gasteiger partial charge in [0.2, 0.25) is 5.91 Å². The molecule has 0 aliphatic heterocycles. The predicted octanol–water partition coefficient (Wildman–Crippen LogP) is 4.71. The second-order valence-corrected chi connectivity index (χ2v) is 7.05. The summed E-state index contributed by atoms with van der Waals surface area (Å²) in [7, 11) is 1.55. The maximum Gasteiger partial charge on any atom is 0.237 e. The Hall–Kier alpha value is -2.01. The summed E-state index contributed by atoms with van der Waals surface area (Å²) in [6, 6.07) is 10.4. The molecule has 24 heavy (non-hydrogen) atoms. The molecule has 0 aliphatic rings. The maximum absolute atomic E-state index is 13.4. The fraction of sp³-hybridized carbons (Fsp3) is 0.316. The topological polar surface area (TPSA) is 38.3 Å². The number of anilines is 1. The second kappa shape index (κ2) is 8.20. The molecular weight excluding hydrogens is 325 g/mol. The average molecular weight is 347 g/mol. The van der Waals surface area contributed by atoms with Crippen molar-refractivity contribution in [1.29, 1.82) is 0 Å². The van der Waals surface area contributed by atoms with Gasteiger partial charge in [-0.3, -0.25) is 4.79 Å². The van der Waals surface area contributed by atoms with Crippen LogP contribution < -0.4 is 10.1 Å². The summed E-state index contributed by atoms with van der Waals surface area (Å²) in [5, 5.41) is 2.70. The minimum atomic E-state index is -0.307. The Morgan fingerprint density at radius 1 is 1.25 bits per heavy atom. The molecule has 2 aromatic rings. The lowest BCUT2D eigenvalue weighted by molar-refractivity contribution is -0.115. The van der Waals surface area contributed by atoms with Crippen molar-refractivity contribution >= 4 is 23.4 Å². The van der Waals surface area contributed by atoms with Gasteiger partial charge in [-0.05, 0) is 56.2 Å². The summed E-state index contributed by atoms with van der Waals surface area (Å²) < 4.78 is 18.6.